The summed E-state index contributed by atoms with van der Waals surface area (Å²) in [5.41, 5.74) is -0.0295. The fourth-order valence-electron chi connectivity index (χ4n) is 2.78. The molecular formula is C13H24FNO. The van der Waals surface area contributed by atoms with Gasteiger partial charge in [0.25, 0.3) is 0 Å². The van der Waals surface area contributed by atoms with Crippen molar-refractivity contribution in [3.05, 3.63) is 0 Å². The third-order valence-corrected chi connectivity index (χ3v) is 3.55. The Balaban J connectivity index is 1.70. The summed E-state index contributed by atoms with van der Waals surface area (Å²) in [5.74, 6) is 0. The normalized spacial score (nSPS) is 33.8. The van der Waals surface area contributed by atoms with Gasteiger partial charge in [0, 0.05) is 19.1 Å². The molecule has 2 nitrogen and oxygen atoms in total. The zero-order valence-corrected chi connectivity index (χ0v) is 10.7. The molecule has 0 amide bonds. The van der Waals surface area contributed by atoms with Crippen molar-refractivity contribution in [3.8, 4) is 0 Å². The first-order valence-corrected chi connectivity index (χ1v) is 6.50. The largest absolute Gasteiger partial charge is 0.373 e. The van der Waals surface area contributed by atoms with E-state index in [1.807, 2.05) is 0 Å². The second-order valence-electron chi connectivity index (χ2n) is 6.21. The molecule has 0 aromatic carbocycles. The average molecular weight is 229 g/mol. The van der Waals surface area contributed by atoms with Crippen LogP contribution in [0.5, 0.6) is 0 Å². The standard InChI is InChI=1S/C13H24FNO/c1-13(2,3)16-12-6-4-11(5-7-12)15-8-10(14)9-15/h10-12H,4-9H2,1-3H3. The van der Waals surface area contributed by atoms with Crippen molar-refractivity contribution >= 4 is 0 Å². The van der Waals surface area contributed by atoms with Crippen molar-refractivity contribution in [2.45, 2.75) is 70.4 Å². The van der Waals surface area contributed by atoms with Crippen LogP contribution in [0.4, 0.5) is 4.39 Å². The van der Waals surface area contributed by atoms with Crippen LogP contribution in [0.1, 0.15) is 46.5 Å². The van der Waals surface area contributed by atoms with E-state index in [0.717, 1.165) is 12.8 Å². The van der Waals surface area contributed by atoms with Crippen molar-refractivity contribution in [2.75, 3.05) is 13.1 Å². The summed E-state index contributed by atoms with van der Waals surface area (Å²) < 4.78 is 18.7. The van der Waals surface area contributed by atoms with Crippen LogP contribution in [0.15, 0.2) is 0 Å². The molecule has 3 heteroatoms. The minimum absolute atomic E-state index is 0.0295. The Morgan fingerprint density at radius 2 is 1.62 bits per heavy atom. The number of halogens is 1. The summed E-state index contributed by atoms with van der Waals surface area (Å²) in [6.07, 6.45) is 4.47. The first-order valence-electron chi connectivity index (χ1n) is 6.50. The molecule has 0 unspecified atom stereocenters. The lowest BCUT2D eigenvalue weighted by Gasteiger charge is -2.44. The second-order valence-corrected chi connectivity index (χ2v) is 6.21. The van der Waals surface area contributed by atoms with Crippen LogP contribution >= 0.6 is 0 Å². The Hall–Kier alpha value is -0.150. The van der Waals surface area contributed by atoms with E-state index in [0.29, 0.717) is 25.2 Å². The molecule has 0 aromatic heterocycles. The molecule has 0 bridgehead atoms. The average Bonchev–Trinajstić information content (AvgIpc) is 2.12. The van der Waals surface area contributed by atoms with E-state index in [4.69, 9.17) is 4.74 Å². The van der Waals surface area contributed by atoms with Crippen LogP contribution in [0.25, 0.3) is 0 Å². The van der Waals surface area contributed by atoms with Crippen molar-refractivity contribution in [2.24, 2.45) is 0 Å². The lowest BCUT2D eigenvalue weighted by Crippen LogP contribution is -2.54. The highest BCUT2D eigenvalue weighted by atomic mass is 19.1. The summed E-state index contributed by atoms with van der Waals surface area (Å²) in [4.78, 5) is 2.29. The number of alkyl halides is 1. The molecule has 1 aliphatic heterocycles. The van der Waals surface area contributed by atoms with E-state index in [1.165, 1.54) is 12.8 Å². The third kappa shape index (κ3) is 3.17. The molecule has 0 atom stereocenters. The van der Waals surface area contributed by atoms with Gasteiger partial charge in [-0.2, -0.15) is 0 Å². The molecule has 94 valence electrons. The van der Waals surface area contributed by atoms with Crippen LogP contribution in [0.2, 0.25) is 0 Å². The predicted octanol–water partition coefficient (Wildman–Crippen LogP) is 2.77. The van der Waals surface area contributed by atoms with Gasteiger partial charge >= 0.3 is 0 Å². The summed E-state index contributed by atoms with van der Waals surface area (Å²) in [6, 6.07) is 0.617. The van der Waals surface area contributed by atoms with Crippen LogP contribution in [0, 0.1) is 0 Å². The SMILES string of the molecule is CC(C)(C)OC1CCC(N2CC(F)C2)CC1. The highest BCUT2D eigenvalue weighted by Gasteiger charge is 2.35. The van der Waals surface area contributed by atoms with Crippen LogP contribution < -0.4 is 0 Å². The fraction of sp³-hybridized carbons (Fsp3) is 1.00. The number of hydrogen-bond acceptors (Lipinski definition) is 2. The maximum atomic E-state index is 12.8. The smallest absolute Gasteiger partial charge is 0.125 e. The van der Waals surface area contributed by atoms with Gasteiger partial charge in [-0.15, -0.1) is 0 Å². The van der Waals surface area contributed by atoms with Crippen molar-refractivity contribution < 1.29 is 9.13 Å². The summed E-state index contributed by atoms with van der Waals surface area (Å²) in [7, 11) is 0. The van der Waals surface area contributed by atoms with E-state index in [2.05, 4.69) is 25.7 Å². The third-order valence-electron chi connectivity index (χ3n) is 3.55. The van der Waals surface area contributed by atoms with E-state index >= 15 is 0 Å². The Kier molecular flexibility index (Phi) is 3.55. The van der Waals surface area contributed by atoms with Gasteiger partial charge in [0.05, 0.1) is 11.7 Å². The van der Waals surface area contributed by atoms with Crippen molar-refractivity contribution in [1.82, 2.24) is 4.90 Å². The maximum absolute atomic E-state index is 12.8. The highest BCUT2D eigenvalue weighted by molar-refractivity contribution is 4.88. The van der Waals surface area contributed by atoms with Crippen molar-refractivity contribution in [3.63, 3.8) is 0 Å². The first-order chi connectivity index (χ1) is 7.44. The number of nitrogens with zero attached hydrogens (tertiary/aromatic N) is 1. The van der Waals surface area contributed by atoms with Crippen LogP contribution in [-0.4, -0.2) is 41.9 Å². The van der Waals surface area contributed by atoms with Crippen molar-refractivity contribution in [1.29, 1.82) is 0 Å². The predicted molar refractivity (Wildman–Crippen MR) is 63.4 cm³/mol. The molecule has 2 aliphatic rings. The zero-order valence-electron chi connectivity index (χ0n) is 10.7. The van der Waals surface area contributed by atoms with Gasteiger partial charge in [-0.3, -0.25) is 4.90 Å². The Bertz CT molecular complexity index is 225. The van der Waals surface area contributed by atoms with Crippen LogP contribution in [-0.2, 0) is 4.74 Å². The Labute approximate surface area is 98.1 Å². The molecule has 2 rings (SSSR count). The molecule has 0 aromatic rings. The van der Waals surface area contributed by atoms with Gasteiger partial charge in [-0.05, 0) is 46.5 Å². The summed E-state index contributed by atoms with van der Waals surface area (Å²) in [5, 5.41) is 0. The lowest BCUT2D eigenvalue weighted by atomic mass is 9.89. The number of ether oxygens (including phenoxy) is 1. The van der Waals surface area contributed by atoms with Gasteiger partial charge in [0.1, 0.15) is 6.17 Å². The molecule has 1 saturated heterocycles. The molecule has 0 radical (unpaired) electrons. The lowest BCUT2D eigenvalue weighted by molar-refractivity contribution is -0.0880. The molecule has 0 spiro atoms. The number of rotatable bonds is 2. The molecule has 0 N–H and O–H groups in total. The van der Waals surface area contributed by atoms with E-state index < -0.39 is 6.17 Å². The summed E-state index contributed by atoms with van der Waals surface area (Å²) >= 11 is 0. The minimum atomic E-state index is -0.566. The molecule has 1 aliphatic carbocycles. The number of hydrogen-bond donors (Lipinski definition) is 0. The second kappa shape index (κ2) is 4.61. The molecular weight excluding hydrogens is 205 g/mol. The monoisotopic (exact) mass is 229 g/mol. The Morgan fingerprint density at radius 3 is 2.06 bits per heavy atom. The maximum Gasteiger partial charge on any atom is 0.125 e. The van der Waals surface area contributed by atoms with Gasteiger partial charge in [-0.25, -0.2) is 4.39 Å². The molecule has 16 heavy (non-hydrogen) atoms. The van der Waals surface area contributed by atoms with E-state index in [9.17, 15) is 4.39 Å². The molecule has 2 fully saturated rings. The highest BCUT2D eigenvalue weighted by Crippen LogP contribution is 2.30. The zero-order chi connectivity index (χ0) is 11.8. The minimum Gasteiger partial charge on any atom is -0.373 e. The van der Waals surface area contributed by atoms with Gasteiger partial charge in [-0.1, -0.05) is 0 Å². The van der Waals surface area contributed by atoms with E-state index in [1.54, 1.807) is 0 Å². The molecule has 1 saturated carbocycles. The molecule has 1 heterocycles. The Morgan fingerprint density at radius 1 is 1.06 bits per heavy atom. The van der Waals surface area contributed by atoms with Crippen LogP contribution in [0.3, 0.4) is 0 Å². The van der Waals surface area contributed by atoms with Gasteiger partial charge in [0.15, 0.2) is 0 Å². The van der Waals surface area contributed by atoms with Gasteiger partial charge in [0.2, 0.25) is 0 Å². The van der Waals surface area contributed by atoms with E-state index in [-0.39, 0.29) is 5.60 Å². The first kappa shape index (κ1) is 12.3. The topological polar surface area (TPSA) is 12.5 Å². The number of likely N-dealkylation sites (tertiary alicyclic amines) is 1. The fourth-order valence-corrected chi connectivity index (χ4v) is 2.78. The van der Waals surface area contributed by atoms with Gasteiger partial charge < -0.3 is 4.74 Å². The summed E-state index contributed by atoms with van der Waals surface area (Å²) in [6.45, 7) is 7.66. The quantitative estimate of drug-likeness (QED) is 0.722.